The van der Waals surface area contributed by atoms with Crippen molar-refractivity contribution in [1.29, 1.82) is 0 Å². The maximum atomic E-state index is 12.6. The van der Waals surface area contributed by atoms with Crippen LogP contribution in [-0.2, 0) is 19.1 Å². The number of ether oxygens (including phenoxy) is 2. The molecule has 8 heteroatoms. The van der Waals surface area contributed by atoms with E-state index in [0.717, 1.165) is 17.6 Å². The van der Waals surface area contributed by atoms with Crippen LogP contribution in [0.25, 0.3) is 0 Å². The Kier molecular flexibility index (Phi) is 6.20. The van der Waals surface area contributed by atoms with Crippen LogP contribution >= 0.6 is 11.3 Å². The third kappa shape index (κ3) is 4.52. The average Bonchev–Trinajstić information content (AvgIpc) is 3.25. The average molecular weight is 389 g/mol. The zero-order valence-electron chi connectivity index (χ0n) is 15.6. The largest absolute Gasteiger partial charge is 0.377 e. The van der Waals surface area contributed by atoms with Crippen LogP contribution in [0, 0.1) is 0 Å². The molecule has 2 heterocycles. The van der Waals surface area contributed by atoms with Crippen LogP contribution in [0.15, 0.2) is 46.5 Å². The number of aromatic nitrogens is 1. The molecule has 0 bridgehead atoms. The molecule has 3 rings (SSSR count). The van der Waals surface area contributed by atoms with Crippen molar-refractivity contribution in [1.82, 2.24) is 9.88 Å². The lowest BCUT2D eigenvalue weighted by Gasteiger charge is -2.27. The monoisotopic (exact) mass is 389 g/mol. The summed E-state index contributed by atoms with van der Waals surface area (Å²) in [4.78, 5) is 30.4. The van der Waals surface area contributed by atoms with E-state index in [0.29, 0.717) is 17.2 Å². The summed E-state index contributed by atoms with van der Waals surface area (Å²) in [5.74, 6) is -0.365. The van der Waals surface area contributed by atoms with E-state index >= 15 is 0 Å². The Hall–Kier alpha value is -2.29. The highest BCUT2D eigenvalue weighted by atomic mass is 32.1. The molecule has 2 amide bonds. The predicted molar refractivity (Wildman–Crippen MR) is 103 cm³/mol. The molecule has 144 valence electrons. The van der Waals surface area contributed by atoms with Crippen molar-refractivity contribution >= 4 is 28.3 Å². The zero-order valence-corrected chi connectivity index (χ0v) is 16.4. The van der Waals surface area contributed by atoms with E-state index in [-0.39, 0.29) is 24.5 Å². The topological polar surface area (TPSA) is 80.8 Å². The minimum Gasteiger partial charge on any atom is -0.377 e. The molecule has 0 fully saturated rings. The van der Waals surface area contributed by atoms with Gasteiger partial charge in [0.2, 0.25) is 0 Å². The molecule has 1 aromatic rings. The number of rotatable bonds is 7. The molecule has 1 N–H and O–H groups in total. The van der Waals surface area contributed by atoms with Crippen LogP contribution in [0.4, 0.5) is 5.13 Å². The number of carbonyl (C=O) groups excluding carboxylic acids is 2. The smallest absolute Gasteiger partial charge is 0.252 e. The van der Waals surface area contributed by atoms with Crippen molar-refractivity contribution in [3.8, 4) is 0 Å². The normalized spacial score (nSPS) is 22.4. The van der Waals surface area contributed by atoms with Crippen molar-refractivity contribution < 1.29 is 19.1 Å². The predicted octanol–water partition coefficient (Wildman–Crippen LogP) is 2.50. The molecule has 27 heavy (non-hydrogen) atoms. The van der Waals surface area contributed by atoms with E-state index in [9.17, 15) is 9.59 Å². The third-order valence-electron chi connectivity index (χ3n) is 4.67. The van der Waals surface area contributed by atoms with Gasteiger partial charge in [0, 0.05) is 30.8 Å². The lowest BCUT2D eigenvalue weighted by molar-refractivity contribution is -0.138. The molecule has 1 aliphatic carbocycles. The van der Waals surface area contributed by atoms with Gasteiger partial charge in [0.05, 0.1) is 6.10 Å². The molecule has 0 saturated carbocycles. The van der Waals surface area contributed by atoms with E-state index in [4.69, 9.17) is 9.47 Å². The Morgan fingerprint density at radius 3 is 2.89 bits per heavy atom. The number of carbonyl (C=O) groups is 2. The van der Waals surface area contributed by atoms with Gasteiger partial charge in [-0.2, -0.15) is 0 Å². The number of amides is 2. The minimum absolute atomic E-state index is 0.0685. The van der Waals surface area contributed by atoms with E-state index < -0.39 is 6.23 Å². The van der Waals surface area contributed by atoms with Crippen LogP contribution in [0.2, 0.25) is 0 Å². The molecule has 0 spiro atoms. The van der Waals surface area contributed by atoms with E-state index in [1.54, 1.807) is 30.5 Å². The number of anilines is 1. The quantitative estimate of drug-likeness (QED) is 0.775. The number of thiazole rings is 1. The number of nitrogens with zero attached hydrogens (tertiary/aromatic N) is 2. The molecule has 0 aromatic carbocycles. The van der Waals surface area contributed by atoms with Crippen molar-refractivity contribution in [2.45, 2.75) is 32.6 Å². The standard InChI is InChI=1S/C19H23N3O4S/c1-12-13(2)18(26-11-16(23)21-19-20-8-9-27-19)22(17(12)24)10-14-4-6-15(25-3)7-5-14/h4-6,8-9,15,18H,7,10-11H2,1-3H3,(H,20,21,23). The number of hydrogen-bond acceptors (Lipinski definition) is 6. The van der Waals surface area contributed by atoms with Crippen LogP contribution in [-0.4, -0.2) is 54.3 Å². The van der Waals surface area contributed by atoms with Gasteiger partial charge in [-0.15, -0.1) is 11.3 Å². The summed E-state index contributed by atoms with van der Waals surface area (Å²) in [5, 5.41) is 4.98. The first-order valence-corrected chi connectivity index (χ1v) is 9.57. The molecule has 0 saturated heterocycles. The van der Waals surface area contributed by atoms with Crippen molar-refractivity contribution in [2.24, 2.45) is 0 Å². The second-order valence-corrected chi connectivity index (χ2v) is 7.33. The van der Waals surface area contributed by atoms with Gasteiger partial charge >= 0.3 is 0 Å². The van der Waals surface area contributed by atoms with Crippen LogP contribution < -0.4 is 5.32 Å². The van der Waals surface area contributed by atoms with E-state index in [1.165, 1.54) is 11.3 Å². The maximum Gasteiger partial charge on any atom is 0.252 e. The SMILES string of the molecule is COC1C=CC(CN2C(=O)C(C)=C(C)C2OCC(=O)Nc2nccs2)=CC1. The number of methoxy groups -OCH3 is 1. The lowest BCUT2D eigenvalue weighted by atomic mass is 10.0. The number of hydrogen-bond donors (Lipinski definition) is 1. The molecular formula is C19H23N3O4S. The first kappa shape index (κ1) is 19.5. The van der Waals surface area contributed by atoms with Crippen LogP contribution in [0.1, 0.15) is 20.3 Å². The van der Waals surface area contributed by atoms with Crippen molar-refractivity contribution in [2.75, 3.05) is 25.6 Å². The van der Waals surface area contributed by atoms with Gasteiger partial charge in [0.1, 0.15) is 6.61 Å². The van der Waals surface area contributed by atoms with Gasteiger partial charge in [-0.25, -0.2) is 4.98 Å². The molecule has 2 aliphatic rings. The molecule has 2 unspecified atom stereocenters. The number of nitrogens with one attached hydrogen (secondary N) is 1. The summed E-state index contributed by atoms with van der Waals surface area (Å²) in [7, 11) is 1.68. The van der Waals surface area contributed by atoms with Gasteiger partial charge in [-0.05, 0) is 31.4 Å². The summed E-state index contributed by atoms with van der Waals surface area (Å²) in [6, 6.07) is 0. The highest BCUT2D eigenvalue weighted by Crippen LogP contribution is 2.28. The maximum absolute atomic E-state index is 12.6. The third-order valence-corrected chi connectivity index (χ3v) is 5.36. The Balaban J connectivity index is 1.62. The van der Waals surface area contributed by atoms with Crippen LogP contribution in [0.5, 0.6) is 0 Å². The Bertz CT molecular complexity index is 798. The minimum atomic E-state index is -0.547. The zero-order chi connectivity index (χ0) is 19.4. The fourth-order valence-electron chi connectivity index (χ4n) is 3.01. The van der Waals surface area contributed by atoms with E-state index in [1.807, 2.05) is 19.1 Å². The summed E-state index contributed by atoms with van der Waals surface area (Å²) >= 11 is 1.34. The highest BCUT2D eigenvalue weighted by Gasteiger charge is 2.36. The first-order valence-electron chi connectivity index (χ1n) is 8.69. The van der Waals surface area contributed by atoms with Crippen molar-refractivity contribution in [3.63, 3.8) is 0 Å². The second-order valence-electron chi connectivity index (χ2n) is 6.44. The Morgan fingerprint density at radius 2 is 2.26 bits per heavy atom. The van der Waals surface area contributed by atoms with E-state index in [2.05, 4.69) is 16.4 Å². The Labute approximate surface area is 162 Å². The molecular weight excluding hydrogens is 366 g/mol. The lowest BCUT2D eigenvalue weighted by Crippen LogP contribution is -2.40. The second kappa shape index (κ2) is 8.60. The Morgan fingerprint density at radius 1 is 1.44 bits per heavy atom. The summed E-state index contributed by atoms with van der Waals surface area (Å²) in [6.07, 6.45) is 7.95. The van der Waals surface area contributed by atoms with Gasteiger partial charge in [-0.1, -0.05) is 18.2 Å². The summed E-state index contributed by atoms with van der Waals surface area (Å²) in [6.45, 7) is 3.93. The van der Waals surface area contributed by atoms with Crippen LogP contribution in [0.3, 0.4) is 0 Å². The van der Waals surface area contributed by atoms with Crippen molar-refractivity contribution in [3.05, 3.63) is 46.5 Å². The summed E-state index contributed by atoms with van der Waals surface area (Å²) in [5.41, 5.74) is 2.52. The fourth-order valence-corrected chi connectivity index (χ4v) is 3.55. The molecule has 7 nitrogen and oxygen atoms in total. The molecule has 1 aliphatic heterocycles. The molecule has 1 aromatic heterocycles. The van der Waals surface area contributed by atoms with Gasteiger partial charge in [-0.3, -0.25) is 14.9 Å². The molecule has 2 atom stereocenters. The highest BCUT2D eigenvalue weighted by molar-refractivity contribution is 7.13. The van der Waals surface area contributed by atoms with Gasteiger partial charge in [0.25, 0.3) is 11.8 Å². The first-order chi connectivity index (χ1) is 13.0. The van der Waals surface area contributed by atoms with Gasteiger partial charge < -0.3 is 14.4 Å². The fraction of sp³-hybridized carbons (Fsp3) is 0.421. The molecule has 0 radical (unpaired) electrons. The summed E-state index contributed by atoms with van der Waals surface area (Å²) < 4.78 is 11.1. The van der Waals surface area contributed by atoms with Gasteiger partial charge in [0.15, 0.2) is 11.4 Å².